The summed E-state index contributed by atoms with van der Waals surface area (Å²) in [7, 11) is 1.58. The van der Waals surface area contributed by atoms with Gasteiger partial charge in [0.2, 0.25) is 0 Å². The normalized spacial score (nSPS) is 10.6. The Balaban J connectivity index is 1.75. The molecule has 0 aliphatic rings. The van der Waals surface area contributed by atoms with Gasteiger partial charge in [-0.05, 0) is 41.5 Å². The quantitative estimate of drug-likeness (QED) is 0.572. The molecule has 1 N–H and O–H groups in total. The molecule has 0 fully saturated rings. The van der Waals surface area contributed by atoms with Gasteiger partial charge in [0.05, 0.1) is 7.11 Å². The first kappa shape index (κ1) is 19.8. The number of nitrogens with one attached hydrogen (secondary N) is 1. The molecular formula is C19H17Cl2NO4. The molecule has 5 nitrogen and oxygen atoms in total. The van der Waals surface area contributed by atoms with Gasteiger partial charge in [0, 0.05) is 22.7 Å². The van der Waals surface area contributed by atoms with Gasteiger partial charge in [-0.1, -0.05) is 41.4 Å². The number of benzene rings is 2. The van der Waals surface area contributed by atoms with E-state index >= 15 is 0 Å². The molecule has 7 heteroatoms. The van der Waals surface area contributed by atoms with Crippen molar-refractivity contribution in [2.75, 3.05) is 13.7 Å². The molecule has 0 saturated heterocycles. The fourth-order valence-corrected chi connectivity index (χ4v) is 2.45. The third-order valence-electron chi connectivity index (χ3n) is 3.36. The molecule has 0 bridgehead atoms. The zero-order valence-electron chi connectivity index (χ0n) is 14.0. The summed E-state index contributed by atoms with van der Waals surface area (Å²) in [5.74, 6) is -0.315. The van der Waals surface area contributed by atoms with Crippen molar-refractivity contribution in [3.63, 3.8) is 0 Å². The second kappa shape index (κ2) is 9.85. The highest BCUT2D eigenvalue weighted by molar-refractivity contribution is 6.35. The number of methoxy groups -OCH3 is 1. The predicted molar refractivity (Wildman–Crippen MR) is 101 cm³/mol. The van der Waals surface area contributed by atoms with Gasteiger partial charge < -0.3 is 14.8 Å². The summed E-state index contributed by atoms with van der Waals surface area (Å²) < 4.78 is 9.94. The number of hydrogen-bond donors (Lipinski definition) is 1. The highest BCUT2D eigenvalue weighted by Gasteiger charge is 2.07. The Labute approximate surface area is 161 Å². The van der Waals surface area contributed by atoms with Crippen LogP contribution in [-0.2, 0) is 20.9 Å². The van der Waals surface area contributed by atoms with E-state index in [9.17, 15) is 9.59 Å². The molecule has 0 unspecified atom stereocenters. The molecule has 0 spiro atoms. The van der Waals surface area contributed by atoms with E-state index in [1.165, 1.54) is 6.08 Å². The second-order valence-electron chi connectivity index (χ2n) is 5.23. The van der Waals surface area contributed by atoms with E-state index in [1.807, 2.05) is 0 Å². The average molecular weight is 394 g/mol. The SMILES string of the molecule is COc1ccc(/C=C/C(=O)OCC(=O)NCc2ccc(Cl)cc2Cl)cc1. The number of esters is 1. The van der Waals surface area contributed by atoms with Crippen molar-refractivity contribution >= 4 is 41.2 Å². The maximum atomic E-state index is 11.7. The molecule has 0 heterocycles. The number of ether oxygens (including phenoxy) is 2. The Morgan fingerprint density at radius 1 is 1.12 bits per heavy atom. The van der Waals surface area contributed by atoms with Gasteiger partial charge in [0.15, 0.2) is 6.61 Å². The Kier molecular flexibility index (Phi) is 7.51. The van der Waals surface area contributed by atoms with Crippen LogP contribution in [0.1, 0.15) is 11.1 Å². The minimum absolute atomic E-state index is 0.216. The first-order chi connectivity index (χ1) is 12.5. The van der Waals surface area contributed by atoms with Gasteiger partial charge in [-0.15, -0.1) is 0 Å². The standard InChI is InChI=1S/C19H17Cl2NO4/c1-25-16-7-2-13(3-8-16)4-9-19(24)26-12-18(23)22-11-14-5-6-15(20)10-17(14)21/h2-10H,11-12H2,1H3,(H,22,23)/b9-4+. The zero-order valence-corrected chi connectivity index (χ0v) is 15.5. The van der Waals surface area contributed by atoms with Crippen LogP contribution in [-0.4, -0.2) is 25.6 Å². The van der Waals surface area contributed by atoms with E-state index < -0.39 is 11.9 Å². The van der Waals surface area contributed by atoms with Gasteiger partial charge in [0.1, 0.15) is 5.75 Å². The van der Waals surface area contributed by atoms with Crippen LogP contribution >= 0.6 is 23.2 Å². The average Bonchev–Trinajstić information content (AvgIpc) is 2.64. The summed E-state index contributed by atoms with van der Waals surface area (Å²) in [6.07, 6.45) is 2.85. The van der Waals surface area contributed by atoms with Crippen molar-refractivity contribution in [2.45, 2.75) is 6.54 Å². The van der Waals surface area contributed by atoms with Crippen molar-refractivity contribution in [3.05, 3.63) is 69.7 Å². The smallest absolute Gasteiger partial charge is 0.331 e. The summed E-state index contributed by atoms with van der Waals surface area (Å²) in [5.41, 5.74) is 1.53. The first-order valence-electron chi connectivity index (χ1n) is 7.67. The first-order valence-corrected chi connectivity index (χ1v) is 8.43. The van der Waals surface area contributed by atoms with Gasteiger partial charge in [-0.2, -0.15) is 0 Å². The van der Waals surface area contributed by atoms with Crippen LogP contribution in [0.25, 0.3) is 6.08 Å². The number of amides is 1. The lowest BCUT2D eigenvalue weighted by molar-refractivity contribution is -0.143. The lowest BCUT2D eigenvalue weighted by Crippen LogP contribution is -2.28. The van der Waals surface area contributed by atoms with Crippen LogP contribution in [0.3, 0.4) is 0 Å². The minimum atomic E-state index is -0.611. The van der Waals surface area contributed by atoms with E-state index in [0.29, 0.717) is 10.0 Å². The molecule has 0 aliphatic heterocycles. The Bertz CT molecular complexity index is 804. The van der Waals surface area contributed by atoms with Crippen molar-refractivity contribution in [1.82, 2.24) is 5.32 Å². The van der Waals surface area contributed by atoms with Crippen LogP contribution < -0.4 is 10.1 Å². The number of carbonyl (C=O) groups excluding carboxylic acids is 2. The third kappa shape index (κ3) is 6.43. The number of carbonyl (C=O) groups is 2. The molecule has 0 radical (unpaired) electrons. The van der Waals surface area contributed by atoms with E-state index in [0.717, 1.165) is 16.9 Å². The fourth-order valence-electron chi connectivity index (χ4n) is 1.97. The molecule has 1 amide bonds. The number of halogens is 2. The van der Waals surface area contributed by atoms with Crippen molar-refractivity contribution < 1.29 is 19.1 Å². The van der Waals surface area contributed by atoms with Gasteiger partial charge >= 0.3 is 5.97 Å². The highest BCUT2D eigenvalue weighted by Crippen LogP contribution is 2.20. The van der Waals surface area contributed by atoms with Crippen LogP contribution in [0.5, 0.6) is 5.75 Å². The van der Waals surface area contributed by atoms with Gasteiger partial charge in [-0.3, -0.25) is 4.79 Å². The molecule has 2 aromatic rings. The predicted octanol–water partition coefficient (Wildman–Crippen LogP) is 3.87. The van der Waals surface area contributed by atoms with Crippen molar-refractivity contribution in [1.29, 1.82) is 0 Å². The number of hydrogen-bond acceptors (Lipinski definition) is 4. The monoisotopic (exact) mass is 393 g/mol. The Morgan fingerprint density at radius 3 is 2.50 bits per heavy atom. The molecule has 0 atom stereocenters. The van der Waals surface area contributed by atoms with E-state index in [4.69, 9.17) is 32.7 Å². The summed E-state index contributed by atoms with van der Waals surface area (Å²) >= 11 is 11.8. The number of rotatable bonds is 7. The molecule has 2 aromatic carbocycles. The maximum absolute atomic E-state index is 11.7. The summed E-state index contributed by atoms with van der Waals surface area (Å²) in [5, 5.41) is 3.59. The van der Waals surface area contributed by atoms with E-state index in [1.54, 1.807) is 55.7 Å². The lowest BCUT2D eigenvalue weighted by Gasteiger charge is -2.07. The fraction of sp³-hybridized carbons (Fsp3) is 0.158. The second-order valence-corrected chi connectivity index (χ2v) is 6.07. The van der Waals surface area contributed by atoms with Crippen LogP contribution in [0.15, 0.2) is 48.5 Å². The zero-order chi connectivity index (χ0) is 18.9. The summed E-state index contributed by atoms with van der Waals surface area (Å²) in [6, 6.07) is 12.1. The van der Waals surface area contributed by atoms with E-state index in [2.05, 4.69) is 5.32 Å². The molecule has 0 saturated carbocycles. The van der Waals surface area contributed by atoms with Crippen molar-refractivity contribution in [3.8, 4) is 5.75 Å². The summed E-state index contributed by atoms with van der Waals surface area (Å²) in [4.78, 5) is 23.4. The molecule has 0 aliphatic carbocycles. The minimum Gasteiger partial charge on any atom is -0.497 e. The van der Waals surface area contributed by atoms with Crippen LogP contribution in [0, 0.1) is 0 Å². The van der Waals surface area contributed by atoms with Crippen molar-refractivity contribution in [2.24, 2.45) is 0 Å². The third-order valence-corrected chi connectivity index (χ3v) is 3.95. The molecule has 26 heavy (non-hydrogen) atoms. The topological polar surface area (TPSA) is 64.6 Å². The van der Waals surface area contributed by atoms with Gasteiger partial charge in [-0.25, -0.2) is 4.79 Å². The Hall–Kier alpha value is -2.50. The Morgan fingerprint density at radius 2 is 1.85 bits per heavy atom. The molecule has 2 rings (SSSR count). The van der Waals surface area contributed by atoms with Crippen LogP contribution in [0.4, 0.5) is 0 Å². The van der Waals surface area contributed by atoms with E-state index in [-0.39, 0.29) is 13.2 Å². The lowest BCUT2D eigenvalue weighted by atomic mass is 10.2. The summed E-state index contributed by atoms with van der Waals surface area (Å²) in [6.45, 7) is -0.162. The molecular weight excluding hydrogens is 377 g/mol. The maximum Gasteiger partial charge on any atom is 0.331 e. The highest BCUT2D eigenvalue weighted by atomic mass is 35.5. The van der Waals surface area contributed by atoms with Crippen LogP contribution in [0.2, 0.25) is 10.0 Å². The molecule has 0 aromatic heterocycles. The molecule has 136 valence electrons. The largest absolute Gasteiger partial charge is 0.497 e. The van der Waals surface area contributed by atoms with Gasteiger partial charge in [0.25, 0.3) is 5.91 Å².